The highest BCUT2D eigenvalue weighted by molar-refractivity contribution is 5.81. The van der Waals surface area contributed by atoms with Crippen molar-refractivity contribution >= 4 is 22.5 Å². The van der Waals surface area contributed by atoms with Crippen LogP contribution in [-0.4, -0.2) is 71.1 Å². The van der Waals surface area contributed by atoms with Crippen LogP contribution in [0.4, 0.5) is 5.69 Å². The molecule has 172 valence electrons. The predicted molar refractivity (Wildman–Crippen MR) is 127 cm³/mol. The van der Waals surface area contributed by atoms with Crippen molar-refractivity contribution in [3.63, 3.8) is 0 Å². The van der Waals surface area contributed by atoms with E-state index in [-0.39, 0.29) is 5.56 Å². The number of carbonyl (C=O) groups excluding carboxylic acids is 1. The molecule has 1 amide bonds. The second-order valence-corrected chi connectivity index (χ2v) is 9.62. The summed E-state index contributed by atoms with van der Waals surface area (Å²) in [7, 11) is 0. The van der Waals surface area contributed by atoms with Gasteiger partial charge < -0.3 is 9.80 Å². The fourth-order valence-electron chi connectivity index (χ4n) is 5.53. The number of carbonyl (C=O) groups is 1. The molecule has 32 heavy (non-hydrogen) atoms. The van der Waals surface area contributed by atoms with Crippen molar-refractivity contribution in [3.8, 4) is 0 Å². The minimum atomic E-state index is 0.0985. The van der Waals surface area contributed by atoms with Gasteiger partial charge in [-0.15, -0.1) is 0 Å². The van der Waals surface area contributed by atoms with E-state index in [9.17, 15) is 9.59 Å². The Labute approximate surface area is 190 Å². The first kappa shape index (κ1) is 21.4. The number of rotatable bonds is 5. The Kier molecular flexibility index (Phi) is 6.44. The Morgan fingerprint density at radius 2 is 1.69 bits per heavy atom. The minimum Gasteiger partial charge on any atom is -0.369 e. The SMILES string of the molecule is O=C1CCCCCN1CCN1CCN(c2ccc3c(=O)n(C4CCCC4)cnc3c2)CC1. The second-order valence-electron chi connectivity index (χ2n) is 9.62. The first-order valence-corrected chi connectivity index (χ1v) is 12.4. The summed E-state index contributed by atoms with van der Waals surface area (Å²) in [5, 5.41) is 0.726. The molecule has 1 aliphatic carbocycles. The van der Waals surface area contributed by atoms with E-state index in [0.29, 0.717) is 11.9 Å². The normalized spacial score (nSPS) is 21.4. The van der Waals surface area contributed by atoms with Crippen LogP contribution in [0.15, 0.2) is 29.3 Å². The van der Waals surface area contributed by atoms with Crippen LogP contribution in [0.2, 0.25) is 0 Å². The minimum absolute atomic E-state index is 0.0985. The van der Waals surface area contributed by atoms with Gasteiger partial charge in [0.1, 0.15) is 0 Å². The van der Waals surface area contributed by atoms with E-state index in [1.165, 1.54) is 19.3 Å². The number of piperazine rings is 1. The fraction of sp³-hybridized carbons (Fsp3) is 0.640. The summed E-state index contributed by atoms with van der Waals surface area (Å²) in [4.78, 5) is 36.7. The third-order valence-electron chi connectivity index (χ3n) is 7.58. The van der Waals surface area contributed by atoms with Crippen molar-refractivity contribution < 1.29 is 4.79 Å². The van der Waals surface area contributed by atoms with Crippen molar-refractivity contribution in [2.45, 2.75) is 57.4 Å². The molecule has 3 aliphatic rings. The molecule has 2 saturated heterocycles. The van der Waals surface area contributed by atoms with Crippen molar-refractivity contribution in [3.05, 3.63) is 34.9 Å². The zero-order valence-electron chi connectivity index (χ0n) is 19.0. The van der Waals surface area contributed by atoms with Crippen LogP contribution in [0, 0.1) is 0 Å². The van der Waals surface area contributed by atoms with Crippen molar-refractivity contribution in [2.75, 3.05) is 50.7 Å². The van der Waals surface area contributed by atoms with E-state index in [1.54, 1.807) is 6.33 Å². The lowest BCUT2D eigenvalue weighted by Gasteiger charge is -2.37. The molecule has 1 saturated carbocycles. The van der Waals surface area contributed by atoms with Crippen LogP contribution < -0.4 is 10.5 Å². The van der Waals surface area contributed by atoms with Gasteiger partial charge in [-0.05, 0) is 43.9 Å². The van der Waals surface area contributed by atoms with E-state index >= 15 is 0 Å². The lowest BCUT2D eigenvalue weighted by atomic mass is 10.1. The van der Waals surface area contributed by atoms with Crippen LogP contribution in [0.3, 0.4) is 0 Å². The molecule has 0 radical (unpaired) electrons. The molecule has 5 rings (SSSR count). The summed E-state index contributed by atoms with van der Waals surface area (Å²) in [6.07, 6.45) is 10.4. The maximum atomic E-state index is 13.0. The number of aromatic nitrogens is 2. The van der Waals surface area contributed by atoms with Gasteiger partial charge in [0.05, 0.1) is 17.2 Å². The van der Waals surface area contributed by atoms with Gasteiger partial charge in [0.15, 0.2) is 0 Å². The molecule has 0 N–H and O–H groups in total. The van der Waals surface area contributed by atoms with Crippen molar-refractivity contribution in [2.24, 2.45) is 0 Å². The smallest absolute Gasteiger partial charge is 0.261 e. The Bertz CT molecular complexity index is 1010. The number of nitrogens with zero attached hydrogens (tertiary/aromatic N) is 5. The molecule has 0 bridgehead atoms. The molecule has 7 nitrogen and oxygen atoms in total. The number of fused-ring (bicyclic) bond motifs is 1. The highest BCUT2D eigenvalue weighted by Gasteiger charge is 2.22. The first-order chi connectivity index (χ1) is 15.7. The standard InChI is InChI=1S/C25H35N5O2/c31-24-8-2-1-5-11-29(24)17-14-27-12-15-28(16-13-27)21-9-10-22-23(18-21)26-19-30(25(22)32)20-6-3-4-7-20/h9-10,18-20H,1-8,11-17H2. The molecule has 0 spiro atoms. The van der Waals surface area contributed by atoms with E-state index in [4.69, 9.17) is 0 Å². The molecule has 2 aliphatic heterocycles. The summed E-state index contributed by atoms with van der Waals surface area (Å²) >= 11 is 0. The van der Waals surface area contributed by atoms with Crippen LogP contribution in [0.5, 0.6) is 0 Å². The van der Waals surface area contributed by atoms with Gasteiger partial charge in [0.2, 0.25) is 5.91 Å². The highest BCUT2D eigenvalue weighted by Crippen LogP contribution is 2.28. The molecule has 2 aromatic rings. The van der Waals surface area contributed by atoms with E-state index in [1.807, 2.05) is 10.6 Å². The average molecular weight is 438 g/mol. The molecule has 1 aromatic carbocycles. The van der Waals surface area contributed by atoms with Crippen LogP contribution >= 0.6 is 0 Å². The number of likely N-dealkylation sites (tertiary alicyclic amines) is 1. The Balaban J connectivity index is 1.19. The maximum Gasteiger partial charge on any atom is 0.261 e. The number of amides is 1. The summed E-state index contributed by atoms with van der Waals surface area (Å²) in [6.45, 7) is 6.64. The quantitative estimate of drug-likeness (QED) is 0.720. The van der Waals surface area contributed by atoms with E-state index in [0.717, 1.165) is 94.5 Å². The lowest BCUT2D eigenvalue weighted by Crippen LogP contribution is -2.49. The first-order valence-electron chi connectivity index (χ1n) is 12.4. The largest absolute Gasteiger partial charge is 0.369 e. The van der Waals surface area contributed by atoms with E-state index in [2.05, 4.69) is 31.8 Å². The molecule has 3 heterocycles. The van der Waals surface area contributed by atoms with Gasteiger partial charge in [-0.25, -0.2) is 4.98 Å². The highest BCUT2D eigenvalue weighted by atomic mass is 16.2. The molecular formula is C25H35N5O2. The van der Waals surface area contributed by atoms with Gasteiger partial charge in [0.25, 0.3) is 5.56 Å². The number of hydrogen-bond acceptors (Lipinski definition) is 5. The monoisotopic (exact) mass is 437 g/mol. The fourth-order valence-corrected chi connectivity index (χ4v) is 5.53. The van der Waals surface area contributed by atoms with Gasteiger partial charge in [-0.2, -0.15) is 0 Å². The Morgan fingerprint density at radius 3 is 2.50 bits per heavy atom. The number of benzene rings is 1. The molecular weight excluding hydrogens is 402 g/mol. The topological polar surface area (TPSA) is 61.7 Å². The summed E-state index contributed by atoms with van der Waals surface area (Å²) < 4.78 is 1.85. The van der Waals surface area contributed by atoms with Crippen LogP contribution in [-0.2, 0) is 4.79 Å². The van der Waals surface area contributed by atoms with Gasteiger partial charge >= 0.3 is 0 Å². The van der Waals surface area contributed by atoms with Crippen molar-refractivity contribution in [1.29, 1.82) is 0 Å². The zero-order valence-corrected chi connectivity index (χ0v) is 19.0. The van der Waals surface area contributed by atoms with Gasteiger partial charge in [-0.1, -0.05) is 19.3 Å². The Morgan fingerprint density at radius 1 is 0.875 bits per heavy atom. The van der Waals surface area contributed by atoms with E-state index < -0.39 is 0 Å². The summed E-state index contributed by atoms with van der Waals surface area (Å²) in [5.41, 5.74) is 2.04. The Hall–Kier alpha value is -2.41. The summed E-state index contributed by atoms with van der Waals surface area (Å²) in [5.74, 6) is 0.330. The summed E-state index contributed by atoms with van der Waals surface area (Å²) in [6, 6.07) is 6.43. The number of anilines is 1. The average Bonchev–Trinajstić information content (AvgIpc) is 3.27. The van der Waals surface area contributed by atoms with Gasteiger partial charge in [0, 0.05) is 64.0 Å². The molecule has 0 atom stereocenters. The second kappa shape index (κ2) is 9.61. The third-order valence-corrected chi connectivity index (χ3v) is 7.58. The third kappa shape index (κ3) is 4.53. The van der Waals surface area contributed by atoms with Crippen molar-refractivity contribution in [1.82, 2.24) is 19.4 Å². The number of hydrogen-bond donors (Lipinski definition) is 0. The predicted octanol–water partition coefficient (Wildman–Crippen LogP) is 3.04. The molecule has 1 aromatic heterocycles. The van der Waals surface area contributed by atoms with Crippen LogP contribution in [0.25, 0.3) is 10.9 Å². The lowest BCUT2D eigenvalue weighted by molar-refractivity contribution is -0.130. The van der Waals surface area contributed by atoms with Crippen LogP contribution in [0.1, 0.15) is 57.4 Å². The van der Waals surface area contributed by atoms with Gasteiger partial charge in [-0.3, -0.25) is 19.1 Å². The molecule has 3 fully saturated rings. The molecule has 7 heteroatoms. The zero-order chi connectivity index (χ0) is 21.9. The maximum absolute atomic E-state index is 13.0. The molecule has 0 unspecified atom stereocenters.